The van der Waals surface area contributed by atoms with Crippen LogP contribution in [0.5, 0.6) is 0 Å². The molecule has 0 spiro atoms. The van der Waals surface area contributed by atoms with E-state index in [4.69, 9.17) is 4.74 Å². The van der Waals surface area contributed by atoms with E-state index in [2.05, 4.69) is 11.0 Å². The molecule has 1 atom stereocenters. The largest absolute Gasteiger partial charge is 0.378 e. The van der Waals surface area contributed by atoms with E-state index in [1.165, 1.54) is 5.56 Å². The molecule has 1 aromatic rings. The molecule has 0 radical (unpaired) electrons. The summed E-state index contributed by atoms with van der Waals surface area (Å²) in [6, 6.07) is 8.09. The molecule has 0 unspecified atom stereocenters. The van der Waals surface area contributed by atoms with Crippen LogP contribution in [0.15, 0.2) is 24.3 Å². The zero-order valence-electron chi connectivity index (χ0n) is 16.0. The Bertz CT molecular complexity index is 696. The highest BCUT2D eigenvalue weighted by molar-refractivity contribution is 5.98. The maximum atomic E-state index is 13.1. The number of morpholine rings is 1. The highest BCUT2D eigenvalue weighted by Crippen LogP contribution is 2.28. The van der Waals surface area contributed by atoms with E-state index in [-0.39, 0.29) is 18.0 Å². The Balaban J connectivity index is 1.33. The number of urea groups is 1. The number of carbonyl (C=O) groups is 2. The smallest absolute Gasteiger partial charge is 0.320 e. The number of benzene rings is 1. The molecule has 146 valence electrons. The van der Waals surface area contributed by atoms with Gasteiger partial charge < -0.3 is 19.4 Å². The summed E-state index contributed by atoms with van der Waals surface area (Å²) in [4.78, 5) is 33.6. The average Bonchev–Trinajstić information content (AvgIpc) is 3.17. The molecule has 27 heavy (non-hydrogen) atoms. The quantitative estimate of drug-likeness (QED) is 0.778. The van der Waals surface area contributed by atoms with Crippen LogP contribution in [0, 0.1) is 0 Å². The highest BCUT2D eigenvalue weighted by Gasteiger charge is 2.33. The monoisotopic (exact) mass is 372 g/mol. The van der Waals surface area contributed by atoms with E-state index in [1.54, 1.807) is 0 Å². The van der Waals surface area contributed by atoms with Crippen molar-refractivity contribution in [3.8, 4) is 0 Å². The number of piperazine rings is 1. The van der Waals surface area contributed by atoms with Crippen LogP contribution in [0.4, 0.5) is 10.5 Å². The summed E-state index contributed by atoms with van der Waals surface area (Å²) in [6.45, 7) is 8.14. The number of carbonyl (C=O) groups excluding carboxylic acids is 2. The number of hydrogen-bond donors (Lipinski definition) is 0. The summed E-state index contributed by atoms with van der Waals surface area (Å²) in [7, 11) is 0. The molecule has 3 aliphatic rings. The summed E-state index contributed by atoms with van der Waals surface area (Å²) < 4.78 is 5.32. The topological polar surface area (TPSA) is 56.3 Å². The zero-order valence-corrected chi connectivity index (χ0v) is 16.0. The van der Waals surface area contributed by atoms with Crippen LogP contribution in [-0.2, 0) is 16.0 Å². The zero-order chi connectivity index (χ0) is 18.8. The number of ether oxygens (including phenoxy) is 1. The van der Waals surface area contributed by atoms with Crippen molar-refractivity contribution >= 4 is 17.6 Å². The van der Waals surface area contributed by atoms with Gasteiger partial charge in [-0.25, -0.2) is 4.79 Å². The fraction of sp³-hybridized carbons (Fsp3) is 0.600. The maximum Gasteiger partial charge on any atom is 0.320 e. The number of rotatable bonds is 2. The SMILES string of the molecule is C[C@@H](C(=O)N1CCc2ccccc21)N1CCN(C(=O)N2CCOCC2)CC1. The number of para-hydroxylation sites is 1. The van der Waals surface area contributed by atoms with Gasteiger partial charge in [-0.2, -0.15) is 0 Å². The molecule has 0 bridgehead atoms. The molecule has 2 saturated heterocycles. The second-order valence-corrected chi connectivity index (χ2v) is 7.45. The average molecular weight is 372 g/mol. The first-order valence-electron chi connectivity index (χ1n) is 9.90. The standard InChI is InChI=1S/C20H28N4O3/c1-16(19(25)24-7-6-17-4-2-3-5-18(17)24)21-8-10-22(11-9-21)20(26)23-12-14-27-15-13-23/h2-5,16H,6-15H2,1H3/t16-/m0/s1. The first-order chi connectivity index (χ1) is 13.1. The molecule has 7 nitrogen and oxygen atoms in total. The molecule has 4 rings (SSSR count). The van der Waals surface area contributed by atoms with Crippen LogP contribution >= 0.6 is 0 Å². The van der Waals surface area contributed by atoms with Gasteiger partial charge in [0.05, 0.1) is 19.3 Å². The Morgan fingerprint density at radius 2 is 1.59 bits per heavy atom. The van der Waals surface area contributed by atoms with Gasteiger partial charge >= 0.3 is 6.03 Å². The Morgan fingerprint density at radius 1 is 0.926 bits per heavy atom. The molecule has 2 fully saturated rings. The van der Waals surface area contributed by atoms with E-state index in [9.17, 15) is 9.59 Å². The maximum absolute atomic E-state index is 13.1. The van der Waals surface area contributed by atoms with Crippen molar-refractivity contribution in [2.75, 3.05) is 63.9 Å². The third-order valence-corrected chi connectivity index (χ3v) is 5.92. The summed E-state index contributed by atoms with van der Waals surface area (Å²) in [5.74, 6) is 0.160. The third kappa shape index (κ3) is 3.66. The molecule has 1 aromatic carbocycles. The molecule has 0 N–H and O–H groups in total. The van der Waals surface area contributed by atoms with Gasteiger partial charge in [-0.15, -0.1) is 0 Å². The van der Waals surface area contributed by atoms with Gasteiger partial charge in [-0.05, 0) is 25.0 Å². The van der Waals surface area contributed by atoms with E-state index in [1.807, 2.05) is 39.8 Å². The van der Waals surface area contributed by atoms with Gasteiger partial charge in [-0.1, -0.05) is 18.2 Å². The van der Waals surface area contributed by atoms with Crippen molar-refractivity contribution in [2.45, 2.75) is 19.4 Å². The molecular weight excluding hydrogens is 344 g/mol. The van der Waals surface area contributed by atoms with Gasteiger partial charge in [0.25, 0.3) is 0 Å². The summed E-state index contributed by atoms with van der Waals surface area (Å²) in [5, 5.41) is 0. The lowest BCUT2D eigenvalue weighted by molar-refractivity contribution is -0.123. The van der Waals surface area contributed by atoms with Crippen LogP contribution in [-0.4, -0.2) is 91.7 Å². The fourth-order valence-corrected chi connectivity index (χ4v) is 4.20. The van der Waals surface area contributed by atoms with Gasteiger partial charge in [0.2, 0.25) is 5.91 Å². The second-order valence-electron chi connectivity index (χ2n) is 7.45. The molecule has 0 saturated carbocycles. The third-order valence-electron chi connectivity index (χ3n) is 5.92. The van der Waals surface area contributed by atoms with E-state index >= 15 is 0 Å². The van der Waals surface area contributed by atoms with Crippen molar-refractivity contribution in [1.29, 1.82) is 0 Å². The molecule has 3 heterocycles. The van der Waals surface area contributed by atoms with Crippen molar-refractivity contribution in [3.05, 3.63) is 29.8 Å². The minimum absolute atomic E-state index is 0.102. The highest BCUT2D eigenvalue weighted by atomic mass is 16.5. The second kappa shape index (κ2) is 7.86. The summed E-state index contributed by atoms with van der Waals surface area (Å²) in [6.07, 6.45) is 0.927. The summed E-state index contributed by atoms with van der Waals surface area (Å²) in [5.41, 5.74) is 2.30. The van der Waals surface area contributed by atoms with Gasteiger partial charge in [0.15, 0.2) is 0 Å². The van der Waals surface area contributed by atoms with Crippen LogP contribution in [0.25, 0.3) is 0 Å². The number of fused-ring (bicyclic) bond motifs is 1. The van der Waals surface area contributed by atoms with Gasteiger partial charge in [0.1, 0.15) is 0 Å². The number of hydrogen-bond acceptors (Lipinski definition) is 4. The van der Waals surface area contributed by atoms with Crippen LogP contribution in [0.3, 0.4) is 0 Å². The minimum atomic E-state index is -0.170. The molecule has 0 aromatic heterocycles. The minimum Gasteiger partial charge on any atom is -0.378 e. The predicted molar refractivity (Wildman–Crippen MR) is 103 cm³/mol. The van der Waals surface area contributed by atoms with Gasteiger partial charge in [-0.3, -0.25) is 9.69 Å². The lowest BCUT2D eigenvalue weighted by Gasteiger charge is -2.40. The number of anilines is 1. The Morgan fingerprint density at radius 3 is 2.33 bits per heavy atom. The lowest BCUT2D eigenvalue weighted by atomic mass is 10.1. The molecule has 3 amide bonds. The van der Waals surface area contributed by atoms with Crippen LogP contribution in [0.1, 0.15) is 12.5 Å². The lowest BCUT2D eigenvalue weighted by Crippen LogP contribution is -2.58. The summed E-state index contributed by atoms with van der Waals surface area (Å²) >= 11 is 0. The first-order valence-corrected chi connectivity index (χ1v) is 9.90. The molecule has 7 heteroatoms. The van der Waals surface area contributed by atoms with E-state index in [0.717, 1.165) is 31.7 Å². The van der Waals surface area contributed by atoms with Crippen molar-refractivity contribution in [3.63, 3.8) is 0 Å². The Labute approximate surface area is 160 Å². The van der Waals surface area contributed by atoms with Gasteiger partial charge in [0, 0.05) is 51.5 Å². The number of nitrogens with zero attached hydrogens (tertiary/aromatic N) is 4. The van der Waals surface area contributed by atoms with Crippen molar-refractivity contribution in [2.24, 2.45) is 0 Å². The van der Waals surface area contributed by atoms with Crippen molar-refractivity contribution < 1.29 is 14.3 Å². The molecule has 0 aliphatic carbocycles. The normalized spacial score (nSPS) is 21.9. The Kier molecular flexibility index (Phi) is 5.31. The molecular formula is C20H28N4O3. The first kappa shape index (κ1) is 18.3. The Hall–Kier alpha value is -2.12. The molecule has 3 aliphatic heterocycles. The predicted octanol–water partition coefficient (Wildman–Crippen LogP) is 1.03. The van der Waals surface area contributed by atoms with Crippen LogP contribution in [0.2, 0.25) is 0 Å². The van der Waals surface area contributed by atoms with Crippen molar-refractivity contribution in [1.82, 2.24) is 14.7 Å². The number of amides is 3. The van der Waals surface area contributed by atoms with E-state index < -0.39 is 0 Å². The fourth-order valence-electron chi connectivity index (χ4n) is 4.20. The van der Waals surface area contributed by atoms with E-state index in [0.29, 0.717) is 39.4 Å². The van der Waals surface area contributed by atoms with Crippen LogP contribution < -0.4 is 4.90 Å².